The lowest BCUT2D eigenvalue weighted by Gasteiger charge is -2.28. The molecule has 0 aromatic heterocycles. The largest absolute Gasteiger partial charge is 0.396 e. The number of hydrogen-bond donors (Lipinski definition) is 2. The molecule has 18 heavy (non-hydrogen) atoms. The third-order valence-electron chi connectivity index (χ3n) is 2.71. The number of hydrogen-bond acceptors (Lipinski definition) is 3. The molecule has 98 valence electrons. The van der Waals surface area contributed by atoms with Gasteiger partial charge in [-0.2, -0.15) is 0 Å². The van der Waals surface area contributed by atoms with E-state index in [1.54, 1.807) is 0 Å². The molecule has 0 aliphatic heterocycles. The SMILES string of the molecule is CC(=O)N(Cc1ccccc1)[C@H](CCO)C(N)=O. The second-order valence-electron chi connectivity index (χ2n) is 4.06. The Balaban J connectivity index is 2.87. The number of primary amides is 1. The van der Waals surface area contributed by atoms with Crippen LogP contribution in [0.1, 0.15) is 18.9 Å². The van der Waals surface area contributed by atoms with Crippen LogP contribution in [0.25, 0.3) is 0 Å². The Kier molecular flexibility index (Phi) is 5.32. The van der Waals surface area contributed by atoms with Crippen LogP contribution >= 0.6 is 0 Å². The van der Waals surface area contributed by atoms with Gasteiger partial charge in [-0.05, 0) is 12.0 Å². The van der Waals surface area contributed by atoms with Gasteiger partial charge in [-0.3, -0.25) is 9.59 Å². The van der Waals surface area contributed by atoms with E-state index in [9.17, 15) is 9.59 Å². The minimum atomic E-state index is -0.771. The Morgan fingerprint density at radius 3 is 2.39 bits per heavy atom. The molecule has 5 heteroatoms. The lowest BCUT2D eigenvalue weighted by molar-refractivity contribution is -0.138. The minimum Gasteiger partial charge on any atom is -0.396 e. The number of rotatable bonds is 6. The van der Waals surface area contributed by atoms with E-state index in [1.165, 1.54) is 11.8 Å². The summed E-state index contributed by atoms with van der Waals surface area (Å²) in [4.78, 5) is 24.3. The van der Waals surface area contributed by atoms with Gasteiger partial charge in [0.2, 0.25) is 11.8 Å². The van der Waals surface area contributed by atoms with Gasteiger partial charge in [0.05, 0.1) is 0 Å². The van der Waals surface area contributed by atoms with Crippen LogP contribution in [0.3, 0.4) is 0 Å². The molecule has 0 fully saturated rings. The number of aliphatic hydroxyl groups is 1. The first-order chi connectivity index (χ1) is 8.56. The molecule has 0 spiro atoms. The predicted octanol–water partition coefficient (Wildman–Crippen LogP) is 0.271. The molecule has 0 saturated heterocycles. The van der Waals surface area contributed by atoms with Gasteiger partial charge >= 0.3 is 0 Å². The fourth-order valence-electron chi connectivity index (χ4n) is 1.80. The van der Waals surface area contributed by atoms with Crippen molar-refractivity contribution in [3.63, 3.8) is 0 Å². The summed E-state index contributed by atoms with van der Waals surface area (Å²) in [5.74, 6) is -0.841. The first kappa shape index (κ1) is 14.2. The Morgan fingerprint density at radius 1 is 1.33 bits per heavy atom. The van der Waals surface area contributed by atoms with Crippen molar-refractivity contribution >= 4 is 11.8 Å². The summed E-state index contributed by atoms with van der Waals surface area (Å²) in [6.45, 7) is 1.51. The highest BCUT2D eigenvalue weighted by molar-refractivity contribution is 5.85. The molecule has 0 heterocycles. The van der Waals surface area contributed by atoms with Crippen molar-refractivity contribution in [1.82, 2.24) is 4.90 Å². The van der Waals surface area contributed by atoms with Crippen molar-refractivity contribution in [2.75, 3.05) is 6.61 Å². The van der Waals surface area contributed by atoms with Crippen LogP contribution < -0.4 is 5.73 Å². The zero-order valence-corrected chi connectivity index (χ0v) is 10.4. The average molecular weight is 250 g/mol. The van der Waals surface area contributed by atoms with Crippen molar-refractivity contribution in [3.05, 3.63) is 35.9 Å². The average Bonchev–Trinajstić information content (AvgIpc) is 2.34. The van der Waals surface area contributed by atoms with Gasteiger partial charge < -0.3 is 15.7 Å². The lowest BCUT2D eigenvalue weighted by atomic mass is 10.1. The van der Waals surface area contributed by atoms with Gasteiger partial charge in [-0.15, -0.1) is 0 Å². The summed E-state index contributed by atoms with van der Waals surface area (Å²) in [7, 11) is 0. The van der Waals surface area contributed by atoms with E-state index < -0.39 is 11.9 Å². The zero-order chi connectivity index (χ0) is 13.5. The normalized spacial score (nSPS) is 11.9. The van der Waals surface area contributed by atoms with Gasteiger partial charge in [0.1, 0.15) is 6.04 Å². The smallest absolute Gasteiger partial charge is 0.240 e. The van der Waals surface area contributed by atoms with Crippen LogP contribution in [0.15, 0.2) is 30.3 Å². The summed E-state index contributed by atoms with van der Waals surface area (Å²) in [5, 5.41) is 8.94. The zero-order valence-electron chi connectivity index (χ0n) is 10.4. The molecule has 0 radical (unpaired) electrons. The molecule has 1 aromatic rings. The molecule has 0 saturated carbocycles. The summed E-state index contributed by atoms with van der Waals surface area (Å²) >= 11 is 0. The highest BCUT2D eigenvalue weighted by Crippen LogP contribution is 2.11. The number of nitrogens with two attached hydrogens (primary N) is 1. The van der Waals surface area contributed by atoms with Gasteiger partial charge in [0.25, 0.3) is 0 Å². The molecule has 1 rings (SSSR count). The maximum Gasteiger partial charge on any atom is 0.240 e. The van der Waals surface area contributed by atoms with Gasteiger partial charge in [0.15, 0.2) is 0 Å². The van der Waals surface area contributed by atoms with Crippen LogP contribution in [0.2, 0.25) is 0 Å². The predicted molar refractivity (Wildman–Crippen MR) is 67.4 cm³/mol. The van der Waals surface area contributed by atoms with Crippen molar-refractivity contribution in [2.45, 2.75) is 25.9 Å². The number of benzene rings is 1. The molecule has 1 atom stereocenters. The minimum absolute atomic E-state index is 0.155. The van der Waals surface area contributed by atoms with Gasteiger partial charge in [-0.1, -0.05) is 30.3 Å². The van der Waals surface area contributed by atoms with Crippen LogP contribution in [-0.2, 0) is 16.1 Å². The van der Waals surface area contributed by atoms with Crippen LogP contribution in [0, 0.1) is 0 Å². The van der Waals surface area contributed by atoms with E-state index in [0.717, 1.165) is 5.56 Å². The van der Waals surface area contributed by atoms with Crippen molar-refractivity contribution in [3.8, 4) is 0 Å². The Bertz CT molecular complexity index is 406. The molecule has 5 nitrogen and oxygen atoms in total. The Hall–Kier alpha value is -1.88. The fraction of sp³-hybridized carbons (Fsp3) is 0.385. The Morgan fingerprint density at radius 2 is 1.94 bits per heavy atom. The number of aliphatic hydroxyl groups excluding tert-OH is 1. The molecular weight excluding hydrogens is 232 g/mol. The van der Waals surface area contributed by atoms with Crippen LogP contribution in [0.4, 0.5) is 0 Å². The summed E-state index contributed by atoms with van der Waals surface area (Å²) < 4.78 is 0. The molecule has 0 bridgehead atoms. The molecule has 1 aromatic carbocycles. The number of carbonyl (C=O) groups excluding carboxylic acids is 2. The fourth-order valence-corrected chi connectivity index (χ4v) is 1.80. The summed E-state index contributed by atoms with van der Waals surface area (Å²) in [6.07, 6.45) is 0.155. The van der Waals surface area contributed by atoms with Crippen LogP contribution in [0.5, 0.6) is 0 Å². The number of carbonyl (C=O) groups is 2. The molecular formula is C13H18N2O3. The van der Waals surface area contributed by atoms with Crippen molar-refractivity contribution < 1.29 is 14.7 Å². The standard InChI is InChI=1S/C13H18N2O3/c1-10(17)15(12(7-8-16)13(14)18)9-11-5-3-2-4-6-11/h2-6,12,16H,7-9H2,1H3,(H2,14,18)/t12-/m1/s1. The molecule has 3 N–H and O–H groups in total. The quantitative estimate of drug-likeness (QED) is 0.760. The second kappa shape index (κ2) is 6.76. The van der Waals surface area contributed by atoms with E-state index in [0.29, 0.717) is 6.54 Å². The van der Waals surface area contributed by atoms with E-state index in [-0.39, 0.29) is 18.9 Å². The first-order valence-electron chi connectivity index (χ1n) is 5.77. The Labute approximate surface area is 106 Å². The van der Waals surface area contributed by atoms with Gasteiger partial charge in [0, 0.05) is 20.1 Å². The molecule has 0 unspecified atom stereocenters. The topological polar surface area (TPSA) is 83.6 Å². The molecule has 0 aliphatic carbocycles. The van der Waals surface area contributed by atoms with Crippen LogP contribution in [-0.4, -0.2) is 34.5 Å². The monoisotopic (exact) mass is 250 g/mol. The number of amides is 2. The highest BCUT2D eigenvalue weighted by atomic mass is 16.3. The first-order valence-corrected chi connectivity index (χ1v) is 5.77. The van der Waals surface area contributed by atoms with Crippen molar-refractivity contribution in [1.29, 1.82) is 0 Å². The summed E-state index contributed by atoms with van der Waals surface area (Å²) in [6, 6.07) is 8.56. The molecule has 0 aliphatic rings. The third-order valence-corrected chi connectivity index (χ3v) is 2.71. The van der Waals surface area contributed by atoms with Crippen molar-refractivity contribution in [2.24, 2.45) is 5.73 Å². The molecule has 2 amide bonds. The number of nitrogens with zero attached hydrogens (tertiary/aromatic N) is 1. The highest BCUT2D eigenvalue weighted by Gasteiger charge is 2.25. The second-order valence-corrected chi connectivity index (χ2v) is 4.06. The third kappa shape index (κ3) is 3.85. The van der Waals surface area contributed by atoms with E-state index in [1.807, 2.05) is 30.3 Å². The van der Waals surface area contributed by atoms with Gasteiger partial charge in [-0.25, -0.2) is 0 Å². The maximum absolute atomic E-state index is 11.6. The van der Waals surface area contributed by atoms with E-state index in [2.05, 4.69) is 0 Å². The maximum atomic E-state index is 11.6. The van der Waals surface area contributed by atoms with E-state index >= 15 is 0 Å². The lowest BCUT2D eigenvalue weighted by Crippen LogP contribution is -2.47. The van der Waals surface area contributed by atoms with E-state index in [4.69, 9.17) is 10.8 Å². The summed E-state index contributed by atoms with van der Waals surface area (Å²) in [5.41, 5.74) is 6.18.